The molecule has 2 aromatic rings. The number of hydrogen-bond acceptors (Lipinski definition) is 3. The van der Waals surface area contributed by atoms with Gasteiger partial charge in [0.25, 0.3) is 5.56 Å². The molecule has 0 bridgehead atoms. The standard InChI is InChI=1S/C23H33ClN2O2/c1-3-5-13-26(14-6-4-2)18-7-9-19(10-8-18)28-22-15-17-11-12-25-23(27)20(17)16-21(22)24/h11-12,15-16,18-19H,3-10,13-14H2,1-2H3,(H,25,27)/t18-,19-. The van der Waals surface area contributed by atoms with Gasteiger partial charge in [-0.05, 0) is 75.2 Å². The number of halogens is 1. The van der Waals surface area contributed by atoms with E-state index >= 15 is 0 Å². The minimum atomic E-state index is -0.120. The van der Waals surface area contributed by atoms with Gasteiger partial charge in [0.05, 0.1) is 11.1 Å². The number of benzene rings is 1. The molecular formula is C23H33ClN2O2. The molecule has 0 amide bonds. The molecule has 1 fully saturated rings. The second-order valence-electron chi connectivity index (χ2n) is 7.97. The summed E-state index contributed by atoms with van der Waals surface area (Å²) in [7, 11) is 0. The number of nitrogens with one attached hydrogen (secondary N) is 1. The van der Waals surface area contributed by atoms with Crippen LogP contribution in [0.25, 0.3) is 10.8 Å². The molecule has 1 saturated carbocycles. The molecule has 1 aliphatic rings. The van der Waals surface area contributed by atoms with Crippen LogP contribution in [0.4, 0.5) is 0 Å². The number of nitrogens with zero attached hydrogens (tertiary/aromatic N) is 1. The van der Waals surface area contributed by atoms with Gasteiger partial charge in [-0.15, -0.1) is 0 Å². The number of hydrogen-bond donors (Lipinski definition) is 1. The topological polar surface area (TPSA) is 45.3 Å². The van der Waals surface area contributed by atoms with Crippen LogP contribution >= 0.6 is 11.6 Å². The summed E-state index contributed by atoms with van der Waals surface area (Å²) in [5, 5.41) is 1.98. The number of pyridine rings is 1. The van der Waals surface area contributed by atoms with E-state index in [1.165, 1.54) is 51.6 Å². The van der Waals surface area contributed by atoms with Gasteiger partial charge in [-0.3, -0.25) is 4.79 Å². The number of unbranched alkanes of at least 4 members (excludes halogenated alkanes) is 2. The molecule has 1 heterocycles. The van der Waals surface area contributed by atoms with Gasteiger partial charge in [-0.1, -0.05) is 38.3 Å². The van der Waals surface area contributed by atoms with E-state index in [4.69, 9.17) is 16.3 Å². The molecule has 0 unspecified atom stereocenters. The first-order valence-electron chi connectivity index (χ1n) is 10.8. The van der Waals surface area contributed by atoms with E-state index in [1.54, 1.807) is 12.3 Å². The van der Waals surface area contributed by atoms with Crippen molar-refractivity contribution in [1.82, 2.24) is 9.88 Å². The van der Waals surface area contributed by atoms with Crippen LogP contribution in [0.5, 0.6) is 5.75 Å². The maximum absolute atomic E-state index is 11.9. The summed E-state index contributed by atoms with van der Waals surface area (Å²) in [6, 6.07) is 6.18. The molecule has 0 atom stereocenters. The average Bonchev–Trinajstić information content (AvgIpc) is 2.70. The molecule has 0 aliphatic heterocycles. The summed E-state index contributed by atoms with van der Waals surface area (Å²) < 4.78 is 6.26. The maximum atomic E-state index is 11.9. The van der Waals surface area contributed by atoms with Crippen LogP contribution < -0.4 is 10.3 Å². The summed E-state index contributed by atoms with van der Waals surface area (Å²) in [5.74, 6) is 0.692. The van der Waals surface area contributed by atoms with Crippen LogP contribution in [-0.4, -0.2) is 35.1 Å². The summed E-state index contributed by atoms with van der Waals surface area (Å²) in [6.45, 7) is 6.98. The monoisotopic (exact) mass is 404 g/mol. The van der Waals surface area contributed by atoms with Crippen LogP contribution in [-0.2, 0) is 0 Å². The Morgan fingerprint density at radius 3 is 2.43 bits per heavy atom. The molecule has 1 aromatic carbocycles. The Balaban J connectivity index is 1.61. The third-order valence-electron chi connectivity index (χ3n) is 5.88. The van der Waals surface area contributed by atoms with Crippen molar-refractivity contribution in [2.24, 2.45) is 0 Å². The van der Waals surface area contributed by atoms with Crippen molar-refractivity contribution in [2.75, 3.05) is 13.1 Å². The summed E-state index contributed by atoms with van der Waals surface area (Å²) in [6.07, 6.45) is 11.4. The molecule has 4 nitrogen and oxygen atoms in total. The van der Waals surface area contributed by atoms with E-state index in [1.807, 2.05) is 12.1 Å². The number of rotatable bonds is 9. The number of H-pyrrole nitrogens is 1. The van der Waals surface area contributed by atoms with E-state index in [2.05, 4.69) is 23.7 Å². The molecule has 5 heteroatoms. The Bertz CT molecular complexity index is 804. The fourth-order valence-electron chi connectivity index (χ4n) is 4.19. The summed E-state index contributed by atoms with van der Waals surface area (Å²) >= 11 is 6.40. The highest BCUT2D eigenvalue weighted by Crippen LogP contribution is 2.33. The largest absolute Gasteiger partial charge is 0.489 e. The second kappa shape index (κ2) is 10.3. The normalized spacial score (nSPS) is 20.0. The highest BCUT2D eigenvalue weighted by atomic mass is 35.5. The predicted molar refractivity (Wildman–Crippen MR) is 118 cm³/mol. The van der Waals surface area contributed by atoms with Gasteiger partial charge in [0.1, 0.15) is 5.75 Å². The van der Waals surface area contributed by atoms with Crippen LogP contribution in [0.1, 0.15) is 65.2 Å². The van der Waals surface area contributed by atoms with Gasteiger partial charge in [-0.25, -0.2) is 0 Å². The molecule has 0 radical (unpaired) electrons. The predicted octanol–water partition coefficient (Wildman–Crippen LogP) is 5.77. The van der Waals surface area contributed by atoms with Gasteiger partial charge in [-0.2, -0.15) is 0 Å². The van der Waals surface area contributed by atoms with Gasteiger partial charge in [0, 0.05) is 17.6 Å². The Morgan fingerprint density at radius 2 is 1.79 bits per heavy atom. The lowest BCUT2D eigenvalue weighted by Crippen LogP contribution is -2.41. The van der Waals surface area contributed by atoms with Crippen molar-refractivity contribution >= 4 is 22.4 Å². The quantitative estimate of drug-likeness (QED) is 0.576. The fraction of sp³-hybridized carbons (Fsp3) is 0.609. The minimum Gasteiger partial charge on any atom is -0.489 e. The van der Waals surface area contributed by atoms with Gasteiger partial charge >= 0.3 is 0 Å². The third kappa shape index (κ3) is 5.30. The highest BCUT2D eigenvalue weighted by Gasteiger charge is 2.27. The number of ether oxygens (including phenoxy) is 1. The van der Waals surface area contributed by atoms with E-state index in [-0.39, 0.29) is 11.7 Å². The van der Waals surface area contributed by atoms with Crippen molar-refractivity contribution in [2.45, 2.75) is 77.4 Å². The Labute approximate surface area is 173 Å². The van der Waals surface area contributed by atoms with Gasteiger partial charge < -0.3 is 14.6 Å². The first-order valence-corrected chi connectivity index (χ1v) is 11.2. The van der Waals surface area contributed by atoms with E-state index in [0.29, 0.717) is 22.2 Å². The summed E-state index contributed by atoms with van der Waals surface area (Å²) in [5.41, 5.74) is -0.120. The number of aromatic nitrogens is 1. The van der Waals surface area contributed by atoms with Crippen molar-refractivity contribution in [3.05, 3.63) is 39.8 Å². The zero-order valence-electron chi connectivity index (χ0n) is 17.2. The lowest BCUT2D eigenvalue weighted by molar-refractivity contribution is 0.0862. The number of fused-ring (bicyclic) bond motifs is 1. The summed E-state index contributed by atoms with van der Waals surface area (Å²) in [4.78, 5) is 17.3. The van der Waals surface area contributed by atoms with Crippen LogP contribution in [0.2, 0.25) is 5.02 Å². The van der Waals surface area contributed by atoms with Crippen LogP contribution in [0.15, 0.2) is 29.2 Å². The smallest absolute Gasteiger partial charge is 0.255 e. The fourth-order valence-corrected chi connectivity index (χ4v) is 4.39. The van der Waals surface area contributed by atoms with Crippen molar-refractivity contribution in [3.63, 3.8) is 0 Å². The molecule has 154 valence electrons. The van der Waals surface area contributed by atoms with Crippen molar-refractivity contribution < 1.29 is 4.74 Å². The zero-order chi connectivity index (χ0) is 19.9. The third-order valence-corrected chi connectivity index (χ3v) is 6.17. The minimum absolute atomic E-state index is 0.120. The van der Waals surface area contributed by atoms with E-state index in [9.17, 15) is 4.79 Å². The number of aromatic amines is 1. The van der Waals surface area contributed by atoms with Gasteiger partial charge in [0.15, 0.2) is 0 Å². The van der Waals surface area contributed by atoms with E-state index in [0.717, 1.165) is 18.2 Å². The highest BCUT2D eigenvalue weighted by molar-refractivity contribution is 6.32. The molecule has 1 aliphatic carbocycles. The molecule has 0 spiro atoms. The van der Waals surface area contributed by atoms with Crippen LogP contribution in [0, 0.1) is 0 Å². The van der Waals surface area contributed by atoms with Gasteiger partial charge in [0.2, 0.25) is 0 Å². The Hall–Kier alpha value is -1.52. The van der Waals surface area contributed by atoms with Crippen molar-refractivity contribution in [1.29, 1.82) is 0 Å². The average molecular weight is 405 g/mol. The lowest BCUT2D eigenvalue weighted by Gasteiger charge is -2.37. The molecule has 0 saturated heterocycles. The molecule has 1 aromatic heterocycles. The molecular weight excluding hydrogens is 372 g/mol. The SMILES string of the molecule is CCCCN(CCCC)[C@H]1CC[C@H](Oc2cc3cc[nH]c(=O)c3cc2Cl)CC1. The Kier molecular flexibility index (Phi) is 7.81. The van der Waals surface area contributed by atoms with Crippen molar-refractivity contribution in [3.8, 4) is 5.75 Å². The maximum Gasteiger partial charge on any atom is 0.255 e. The first kappa shape index (κ1) is 21.2. The van der Waals surface area contributed by atoms with Crippen LogP contribution in [0.3, 0.4) is 0 Å². The van der Waals surface area contributed by atoms with E-state index < -0.39 is 0 Å². The molecule has 28 heavy (non-hydrogen) atoms. The molecule has 3 rings (SSSR count). The second-order valence-corrected chi connectivity index (χ2v) is 8.38. The first-order chi connectivity index (χ1) is 13.6. The molecule has 1 N–H and O–H groups in total. The Morgan fingerprint density at radius 1 is 1.11 bits per heavy atom. The zero-order valence-corrected chi connectivity index (χ0v) is 17.9. The lowest BCUT2D eigenvalue weighted by atomic mass is 9.91.